The Morgan fingerprint density at radius 3 is 2.58 bits per heavy atom. The van der Waals surface area contributed by atoms with Crippen LogP contribution in [-0.2, 0) is 7.05 Å². The quantitative estimate of drug-likeness (QED) is 0.916. The molecule has 102 valence electrons. The minimum atomic E-state index is 0.0237. The van der Waals surface area contributed by atoms with Crippen LogP contribution in [-0.4, -0.2) is 23.7 Å². The van der Waals surface area contributed by atoms with Crippen molar-refractivity contribution in [2.75, 3.05) is 14.2 Å². The zero-order valence-electron chi connectivity index (χ0n) is 12.2. The van der Waals surface area contributed by atoms with Gasteiger partial charge in [-0.1, -0.05) is 6.07 Å². The van der Waals surface area contributed by atoms with Gasteiger partial charge in [0.15, 0.2) is 0 Å². The van der Waals surface area contributed by atoms with Gasteiger partial charge in [0.25, 0.3) is 0 Å². The van der Waals surface area contributed by atoms with Crippen molar-refractivity contribution in [1.82, 2.24) is 14.9 Å². The van der Waals surface area contributed by atoms with Gasteiger partial charge in [0.2, 0.25) is 0 Å². The van der Waals surface area contributed by atoms with Crippen LogP contribution in [0.15, 0.2) is 24.5 Å². The van der Waals surface area contributed by atoms with E-state index in [4.69, 9.17) is 4.74 Å². The first kappa shape index (κ1) is 13.6. The minimum Gasteiger partial charge on any atom is -0.496 e. The maximum atomic E-state index is 5.55. The Morgan fingerprint density at radius 1 is 1.32 bits per heavy atom. The summed E-state index contributed by atoms with van der Waals surface area (Å²) < 4.78 is 7.58. The van der Waals surface area contributed by atoms with E-state index in [1.165, 1.54) is 11.1 Å². The minimum absolute atomic E-state index is 0.0237. The van der Waals surface area contributed by atoms with E-state index >= 15 is 0 Å². The molecule has 4 heteroatoms. The molecule has 1 aromatic carbocycles. The van der Waals surface area contributed by atoms with E-state index in [-0.39, 0.29) is 6.04 Å². The zero-order chi connectivity index (χ0) is 14.0. The van der Waals surface area contributed by atoms with Gasteiger partial charge in [0, 0.05) is 25.0 Å². The molecule has 19 heavy (non-hydrogen) atoms. The molecule has 1 unspecified atom stereocenters. The van der Waals surface area contributed by atoms with Crippen LogP contribution in [0.1, 0.15) is 28.6 Å². The number of nitrogens with one attached hydrogen (secondary N) is 1. The summed E-state index contributed by atoms with van der Waals surface area (Å²) in [5.41, 5.74) is 3.55. The number of hydrogen-bond acceptors (Lipinski definition) is 3. The van der Waals surface area contributed by atoms with Crippen molar-refractivity contribution < 1.29 is 4.74 Å². The first-order valence-electron chi connectivity index (χ1n) is 6.38. The van der Waals surface area contributed by atoms with Crippen molar-refractivity contribution in [2.45, 2.75) is 19.9 Å². The molecule has 0 fully saturated rings. The molecule has 1 aromatic heterocycles. The molecule has 2 rings (SSSR count). The first-order valence-corrected chi connectivity index (χ1v) is 6.38. The molecule has 1 heterocycles. The number of ether oxygens (including phenoxy) is 1. The highest BCUT2D eigenvalue weighted by Crippen LogP contribution is 2.32. The molecule has 1 N–H and O–H groups in total. The molecule has 0 aliphatic heterocycles. The van der Waals surface area contributed by atoms with Gasteiger partial charge in [0.05, 0.1) is 13.2 Å². The maximum Gasteiger partial charge on any atom is 0.130 e. The summed E-state index contributed by atoms with van der Waals surface area (Å²) in [6.45, 7) is 4.19. The van der Waals surface area contributed by atoms with Crippen LogP contribution < -0.4 is 10.1 Å². The van der Waals surface area contributed by atoms with Crippen molar-refractivity contribution in [3.63, 3.8) is 0 Å². The number of hydrogen-bond donors (Lipinski definition) is 1. The van der Waals surface area contributed by atoms with Gasteiger partial charge in [0.1, 0.15) is 11.6 Å². The standard InChI is InChI=1S/C15H21N3O/c1-10-8-11(2)13(12(9-10)19-5)14(16-3)15-17-6-7-18(15)4/h6-9,14,16H,1-5H3. The van der Waals surface area contributed by atoms with Gasteiger partial charge in [-0.05, 0) is 38.1 Å². The van der Waals surface area contributed by atoms with Crippen LogP contribution in [0.2, 0.25) is 0 Å². The third-order valence-corrected chi connectivity index (χ3v) is 3.41. The maximum absolute atomic E-state index is 5.55. The first-order chi connectivity index (χ1) is 9.08. The Balaban J connectivity index is 2.59. The van der Waals surface area contributed by atoms with Crippen LogP contribution in [0, 0.1) is 13.8 Å². The van der Waals surface area contributed by atoms with Gasteiger partial charge in [-0.2, -0.15) is 0 Å². The lowest BCUT2D eigenvalue weighted by Crippen LogP contribution is -2.22. The highest BCUT2D eigenvalue weighted by molar-refractivity contribution is 5.47. The highest BCUT2D eigenvalue weighted by atomic mass is 16.5. The lowest BCUT2D eigenvalue weighted by molar-refractivity contribution is 0.403. The number of aromatic nitrogens is 2. The Morgan fingerprint density at radius 2 is 2.05 bits per heavy atom. The largest absolute Gasteiger partial charge is 0.496 e. The van der Waals surface area contributed by atoms with Crippen LogP contribution in [0.5, 0.6) is 5.75 Å². The normalized spacial score (nSPS) is 12.5. The fourth-order valence-electron chi connectivity index (χ4n) is 2.54. The molecule has 0 saturated carbocycles. The SMILES string of the molecule is CNC(c1c(C)cc(C)cc1OC)c1nccn1C. The lowest BCUT2D eigenvalue weighted by atomic mass is 9.97. The van der Waals surface area contributed by atoms with Crippen molar-refractivity contribution in [3.05, 3.63) is 47.0 Å². The summed E-state index contributed by atoms with van der Waals surface area (Å²) in [5, 5.41) is 3.33. The molecular formula is C15H21N3O. The third kappa shape index (κ3) is 2.49. The van der Waals surface area contributed by atoms with Crippen molar-refractivity contribution in [1.29, 1.82) is 0 Å². The molecule has 0 radical (unpaired) electrons. The molecule has 1 atom stereocenters. The number of aryl methyl sites for hydroxylation is 3. The fourth-order valence-corrected chi connectivity index (χ4v) is 2.54. The van der Waals surface area contributed by atoms with Crippen molar-refractivity contribution >= 4 is 0 Å². The van der Waals surface area contributed by atoms with Crippen LogP contribution >= 0.6 is 0 Å². The lowest BCUT2D eigenvalue weighted by Gasteiger charge is -2.22. The topological polar surface area (TPSA) is 39.1 Å². The third-order valence-electron chi connectivity index (χ3n) is 3.41. The number of nitrogens with zero attached hydrogens (tertiary/aromatic N) is 2. The van der Waals surface area contributed by atoms with Gasteiger partial charge in [-0.3, -0.25) is 0 Å². The summed E-state index contributed by atoms with van der Waals surface area (Å²) in [5.74, 6) is 1.88. The summed E-state index contributed by atoms with van der Waals surface area (Å²) in [6, 6.07) is 4.26. The predicted molar refractivity (Wildman–Crippen MR) is 76.6 cm³/mol. The molecule has 0 aliphatic rings. The second-order valence-corrected chi connectivity index (χ2v) is 4.82. The summed E-state index contributed by atoms with van der Waals surface area (Å²) in [4.78, 5) is 4.45. The number of benzene rings is 1. The van der Waals surface area contributed by atoms with Crippen LogP contribution in [0.4, 0.5) is 0 Å². The predicted octanol–water partition coefficient (Wildman–Crippen LogP) is 2.35. The molecule has 4 nitrogen and oxygen atoms in total. The van der Waals surface area contributed by atoms with Gasteiger partial charge < -0.3 is 14.6 Å². The zero-order valence-corrected chi connectivity index (χ0v) is 12.2. The molecule has 0 spiro atoms. The highest BCUT2D eigenvalue weighted by Gasteiger charge is 2.22. The number of rotatable bonds is 4. The fraction of sp³-hybridized carbons (Fsp3) is 0.400. The van der Waals surface area contributed by atoms with Crippen LogP contribution in [0.25, 0.3) is 0 Å². The number of methoxy groups -OCH3 is 1. The second-order valence-electron chi connectivity index (χ2n) is 4.82. The molecule has 0 aliphatic carbocycles. The molecule has 2 aromatic rings. The monoisotopic (exact) mass is 259 g/mol. The Labute approximate surface area is 114 Å². The summed E-state index contributed by atoms with van der Waals surface area (Å²) in [7, 11) is 5.66. The van der Waals surface area contributed by atoms with E-state index < -0.39 is 0 Å². The smallest absolute Gasteiger partial charge is 0.130 e. The van der Waals surface area contributed by atoms with Crippen molar-refractivity contribution in [2.24, 2.45) is 7.05 Å². The van der Waals surface area contributed by atoms with E-state index in [0.29, 0.717) is 0 Å². The Hall–Kier alpha value is -1.81. The Bertz CT molecular complexity index is 575. The van der Waals surface area contributed by atoms with Gasteiger partial charge in [-0.25, -0.2) is 4.98 Å². The van der Waals surface area contributed by atoms with E-state index in [0.717, 1.165) is 17.1 Å². The summed E-state index contributed by atoms with van der Waals surface area (Å²) >= 11 is 0. The van der Waals surface area contributed by atoms with Crippen LogP contribution in [0.3, 0.4) is 0 Å². The van der Waals surface area contributed by atoms with E-state index in [2.05, 4.69) is 36.3 Å². The van der Waals surface area contributed by atoms with Gasteiger partial charge >= 0.3 is 0 Å². The molecule has 0 bridgehead atoms. The average molecular weight is 259 g/mol. The average Bonchev–Trinajstić information content (AvgIpc) is 2.78. The molecule has 0 saturated heterocycles. The Kier molecular flexibility index (Phi) is 3.90. The molecular weight excluding hydrogens is 238 g/mol. The second kappa shape index (κ2) is 5.45. The van der Waals surface area contributed by atoms with Crippen molar-refractivity contribution in [3.8, 4) is 5.75 Å². The number of imidazole rings is 1. The van der Waals surface area contributed by atoms with Gasteiger partial charge in [-0.15, -0.1) is 0 Å². The van der Waals surface area contributed by atoms with E-state index in [1.807, 2.05) is 31.1 Å². The summed E-state index contributed by atoms with van der Waals surface area (Å²) in [6.07, 6.45) is 3.77. The molecule has 0 amide bonds. The van der Waals surface area contributed by atoms with E-state index in [1.54, 1.807) is 7.11 Å². The van der Waals surface area contributed by atoms with E-state index in [9.17, 15) is 0 Å².